The smallest absolute Gasteiger partial charge is 0.258 e. The topological polar surface area (TPSA) is 66.9 Å². The maximum atomic E-state index is 12.9. The first-order valence-electron chi connectivity index (χ1n) is 7.83. The first-order chi connectivity index (χ1) is 11.2. The highest BCUT2D eigenvalue weighted by Crippen LogP contribution is 2.32. The normalized spacial score (nSPS) is 16.3. The maximum Gasteiger partial charge on any atom is 0.258 e. The van der Waals surface area contributed by atoms with E-state index in [1.54, 1.807) is 24.8 Å². The summed E-state index contributed by atoms with van der Waals surface area (Å²) in [5, 5.41) is 0.548. The molecule has 0 atom stereocenters. The van der Waals surface area contributed by atoms with Gasteiger partial charge >= 0.3 is 0 Å². The van der Waals surface area contributed by atoms with Gasteiger partial charge in [0.15, 0.2) is 0 Å². The molecule has 0 bridgehead atoms. The number of halogens is 1. The lowest BCUT2D eigenvalue weighted by atomic mass is 10.0. The Morgan fingerprint density at radius 3 is 2.33 bits per heavy atom. The van der Waals surface area contributed by atoms with Crippen molar-refractivity contribution in [3.63, 3.8) is 0 Å². The predicted molar refractivity (Wildman–Crippen MR) is 94.4 cm³/mol. The van der Waals surface area contributed by atoms with Crippen LogP contribution in [0.5, 0.6) is 5.75 Å². The number of hydrogen-bond acceptors (Lipinski definition) is 4. The number of aryl methyl sites for hydroxylation is 1. The fraction of sp³-hybridized carbons (Fsp3) is 0.562. The Bertz CT molecular complexity index is 741. The molecule has 1 aromatic rings. The van der Waals surface area contributed by atoms with Gasteiger partial charge in [-0.05, 0) is 38.0 Å². The lowest BCUT2D eigenvalue weighted by Crippen LogP contribution is -2.51. The molecule has 0 aliphatic carbocycles. The van der Waals surface area contributed by atoms with Crippen LogP contribution in [0.2, 0.25) is 5.02 Å². The van der Waals surface area contributed by atoms with E-state index in [2.05, 4.69) is 0 Å². The van der Waals surface area contributed by atoms with E-state index in [4.69, 9.17) is 16.3 Å². The van der Waals surface area contributed by atoms with E-state index in [1.165, 1.54) is 11.4 Å². The number of ether oxygens (including phenoxy) is 1. The molecule has 0 saturated carbocycles. The van der Waals surface area contributed by atoms with Crippen molar-refractivity contribution in [3.05, 3.63) is 27.8 Å². The van der Waals surface area contributed by atoms with Gasteiger partial charge in [0.1, 0.15) is 5.75 Å². The van der Waals surface area contributed by atoms with Gasteiger partial charge in [0.2, 0.25) is 10.0 Å². The molecular weight excluding hydrogens is 352 g/mol. The lowest BCUT2D eigenvalue weighted by Gasteiger charge is -2.34. The SMILES string of the molecule is CCS(=O)(=O)N1CCN(C(=O)c2c(OC)cc(C)c(Cl)c2C)CC1. The van der Waals surface area contributed by atoms with Gasteiger partial charge in [0.05, 0.1) is 18.4 Å². The van der Waals surface area contributed by atoms with E-state index in [1.807, 2.05) is 6.92 Å². The minimum atomic E-state index is -3.22. The summed E-state index contributed by atoms with van der Waals surface area (Å²) in [7, 11) is -1.70. The number of carbonyl (C=O) groups excluding carboxylic acids is 1. The van der Waals surface area contributed by atoms with Gasteiger partial charge in [-0.1, -0.05) is 11.6 Å². The molecule has 24 heavy (non-hydrogen) atoms. The van der Waals surface area contributed by atoms with Crippen LogP contribution in [0.15, 0.2) is 6.07 Å². The highest BCUT2D eigenvalue weighted by molar-refractivity contribution is 7.89. The highest BCUT2D eigenvalue weighted by Gasteiger charge is 2.30. The minimum Gasteiger partial charge on any atom is -0.496 e. The Kier molecular flexibility index (Phi) is 5.78. The Hall–Kier alpha value is -1.31. The summed E-state index contributed by atoms with van der Waals surface area (Å²) >= 11 is 6.28. The molecule has 0 unspecified atom stereocenters. The van der Waals surface area contributed by atoms with Crippen molar-refractivity contribution in [2.45, 2.75) is 20.8 Å². The minimum absolute atomic E-state index is 0.0709. The Morgan fingerprint density at radius 2 is 1.83 bits per heavy atom. The standard InChI is InChI=1S/C16H23ClN2O4S/c1-5-24(21,22)19-8-6-18(7-9-19)16(20)14-12(3)15(17)11(2)10-13(14)23-4/h10H,5-9H2,1-4H3. The molecule has 1 fully saturated rings. The van der Waals surface area contributed by atoms with Gasteiger partial charge in [-0.15, -0.1) is 0 Å². The third kappa shape index (κ3) is 3.53. The summed E-state index contributed by atoms with van der Waals surface area (Å²) < 4.78 is 30.6. The average Bonchev–Trinajstić information content (AvgIpc) is 2.58. The number of carbonyl (C=O) groups is 1. The Balaban J connectivity index is 2.24. The summed E-state index contributed by atoms with van der Waals surface area (Å²) in [6.45, 7) is 6.60. The number of rotatable bonds is 4. The van der Waals surface area contributed by atoms with E-state index in [0.29, 0.717) is 48.1 Å². The Morgan fingerprint density at radius 1 is 1.25 bits per heavy atom. The molecule has 134 valence electrons. The number of benzene rings is 1. The number of methoxy groups -OCH3 is 1. The summed E-state index contributed by atoms with van der Waals surface area (Å²) in [6.07, 6.45) is 0. The molecule has 0 N–H and O–H groups in total. The van der Waals surface area contributed by atoms with E-state index in [9.17, 15) is 13.2 Å². The van der Waals surface area contributed by atoms with Crippen molar-refractivity contribution in [2.75, 3.05) is 39.0 Å². The average molecular weight is 375 g/mol. The van der Waals surface area contributed by atoms with Gasteiger partial charge in [0, 0.05) is 31.2 Å². The second kappa shape index (κ2) is 7.29. The monoisotopic (exact) mass is 374 g/mol. The van der Waals surface area contributed by atoms with E-state index in [0.717, 1.165) is 5.56 Å². The molecule has 1 saturated heterocycles. The zero-order valence-corrected chi connectivity index (χ0v) is 16.0. The first-order valence-corrected chi connectivity index (χ1v) is 9.82. The van der Waals surface area contributed by atoms with Gasteiger partial charge in [0.25, 0.3) is 5.91 Å². The molecule has 0 aromatic heterocycles. The molecule has 1 heterocycles. The van der Waals surface area contributed by atoms with Crippen LogP contribution in [-0.2, 0) is 10.0 Å². The highest BCUT2D eigenvalue weighted by atomic mass is 35.5. The fourth-order valence-electron chi connectivity index (χ4n) is 2.86. The number of piperazine rings is 1. The van der Waals surface area contributed by atoms with Crippen molar-refractivity contribution in [3.8, 4) is 5.75 Å². The second-order valence-electron chi connectivity index (χ2n) is 5.80. The molecule has 0 radical (unpaired) electrons. The number of hydrogen-bond donors (Lipinski definition) is 0. The van der Waals surface area contributed by atoms with Crippen molar-refractivity contribution in [1.29, 1.82) is 0 Å². The van der Waals surface area contributed by atoms with E-state index < -0.39 is 10.0 Å². The predicted octanol–water partition coefficient (Wildman–Crippen LogP) is 2.07. The largest absolute Gasteiger partial charge is 0.496 e. The van der Waals surface area contributed by atoms with Gasteiger partial charge < -0.3 is 9.64 Å². The fourth-order valence-corrected chi connectivity index (χ4v) is 4.09. The number of nitrogens with zero attached hydrogens (tertiary/aromatic N) is 2. The quantitative estimate of drug-likeness (QED) is 0.809. The molecule has 0 spiro atoms. The van der Waals surface area contributed by atoms with Crippen LogP contribution in [0.4, 0.5) is 0 Å². The van der Waals surface area contributed by atoms with Gasteiger partial charge in [-0.25, -0.2) is 8.42 Å². The molecule has 6 nitrogen and oxygen atoms in total. The van der Waals surface area contributed by atoms with Crippen molar-refractivity contribution in [2.24, 2.45) is 0 Å². The van der Waals surface area contributed by atoms with Gasteiger partial charge in [-0.2, -0.15) is 4.31 Å². The molecule has 2 rings (SSSR count). The van der Waals surface area contributed by atoms with Gasteiger partial charge in [-0.3, -0.25) is 4.79 Å². The summed E-state index contributed by atoms with van der Waals surface area (Å²) in [5.41, 5.74) is 1.98. The molecular formula is C16H23ClN2O4S. The van der Waals surface area contributed by atoms with Crippen molar-refractivity contribution in [1.82, 2.24) is 9.21 Å². The number of amides is 1. The Labute approximate surface area is 148 Å². The van der Waals surface area contributed by atoms with Crippen LogP contribution in [0.1, 0.15) is 28.4 Å². The van der Waals surface area contributed by atoms with Crippen LogP contribution in [-0.4, -0.2) is 62.6 Å². The summed E-state index contributed by atoms with van der Waals surface area (Å²) in [5.74, 6) is 0.379. The summed E-state index contributed by atoms with van der Waals surface area (Å²) in [6, 6.07) is 1.75. The summed E-state index contributed by atoms with van der Waals surface area (Å²) in [4.78, 5) is 14.6. The van der Waals surface area contributed by atoms with Crippen molar-refractivity contribution >= 4 is 27.5 Å². The van der Waals surface area contributed by atoms with E-state index in [-0.39, 0.29) is 11.7 Å². The molecule has 1 aliphatic rings. The second-order valence-corrected chi connectivity index (χ2v) is 8.44. The van der Waals surface area contributed by atoms with Crippen LogP contribution < -0.4 is 4.74 Å². The van der Waals surface area contributed by atoms with E-state index >= 15 is 0 Å². The van der Waals surface area contributed by atoms with Crippen LogP contribution in [0.25, 0.3) is 0 Å². The molecule has 1 aromatic carbocycles. The third-order valence-corrected chi connectivity index (χ3v) is 6.83. The zero-order valence-electron chi connectivity index (χ0n) is 14.4. The number of sulfonamides is 1. The van der Waals surface area contributed by atoms with Crippen molar-refractivity contribution < 1.29 is 17.9 Å². The van der Waals surface area contributed by atoms with Crippen LogP contribution in [0, 0.1) is 13.8 Å². The third-order valence-electron chi connectivity index (χ3n) is 4.36. The molecule has 1 amide bonds. The molecule has 1 aliphatic heterocycles. The lowest BCUT2D eigenvalue weighted by molar-refractivity contribution is 0.0694. The zero-order chi connectivity index (χ0) is 18.1. The van der Waals surface area contributed by atoms with Crippen LogP contribution in [0.3, 0.4) is 0 Å². The van der Waals surface area contributed by atoms with Crippen LogP contribution >= 0.6 is 11.6 Å². The first kappa shape index (κ1) is 19.0. The maximum absolute atomic E-state index is 12.9. The molecule has 8 heteroatoms.